The summed E-state index contributed by atoms with van der Waals surface area (Å²) in [5, 5.41) is 0. The fourth-order valence-electron chi connectivity index (χ4n) is 2.75. The van der Waals surface area contributed by atoms with Crippen LogP contribution < -0.4 is 8.92 Å². The highest BCUT2D eigenvalue weighted by molar-refractivity contribution is 14.1. The third-order valence-electron chi connectivity index (χ3n) is 4.27. The van der Waals surface area contributed by atoms with Crippen molar-refractivity contribution in [3.05, 3.63) is 80.9 Å². The summed E-state index contributed by atoms with van der Waals surface area (Å²) in [4.78, 5) is 4.67. The highest BCUT2D eigenvalue weighted by Crippen LogP contribution is 2.36. The van der Waals surface area contributed by atoms with E-state index in [4.69, 9.17) is 8.92 Å². The summed E-state index contributed by atoms with van der Waals surface area (Å²) in [6.07, 6.45) is 1.74. The number of rotatable bonds is 7. The van der Waals surface area contributed by atoms with Gasteiger partial charge in [-0.25, -0.2) is 0 Å². The van der Waals surface area contributed by atoms with Crippen molar-refractivity contribution in [2.75, 3.05) is 6.61 Å². The first-order valence-electron chi connectivity index (χ1n) is 9.37. The van der Waals surface area contributed by atoms with Crippen molar-refractivity contribution in [1.82, 2.24) is 0 Å². The molecule has 0 fully saturated rings. The summed E-state index contributed by atoms with van der Waals surface area (Å²) < 4.78 is 37.1. The molecule has 0 unspecified atom stereocenters. The Balaban J connectivity index is 1.96. The van der Waals surface area contributed by atoms with E-state index in [0.717, 1.165) is 22.4 Å². The number of hydrogen-bond donors (Lipinski definition) is 0. The van der Waals surface area contributed by atoms with Crippen LogP contribution in [-0.4, -0.2) is 21.2 Å². The van der Waals surface area contributed by atoms with Gasteiger partial charge in [-0.15, -0.1) is 0 Å². The first-order chi connectivity index (χ1) is 14.3. The molecule has 0 saturated carbocycles. The normalized spacial score (nSPS) is 11.6. The monoisotopic (exact) mass is 535 g/mol. The van der Waals surface area contributed by atoms with Crippen molar-refractivity contribution in [3.63, 3.8) is 0 Å². The standard InChI is InChI=1S/C23H22INO4S/c1-4-28-22-14-18(15-25-21-12-16(2)10-11-17(21)3)13-20(24)23(22)29-30(26,27)19-8-6-5-7-9-19/h5-15H,4H2,1-3H3. The van der Waals surface area contributed by atoms with Crippen molar-refractivity contribution in [3.8, 4) is 11.5 Å². The highest BCUT2D eigenvalue weighted by atomic mass is 127. The lowest BCUT2D eigenvalue weighted by Crippen LogP contribution is -2.12. The molecule has 3 aromatic rings. The van der Waals surface area contributed by atoms with E-state index in [9.17, 15) is 8.42 Å². The largest absolute Gasteiger partial charge is 0.490 e. The Bertz CT molecular complexity index is 1180. The molecule has 0 amide bonds. The Morgan fingerprint density at radius 2 is 1.77 bits per heavy atom. The lowest BCUT2D eigenvalue weighted by molar-refractivity contribution is 0.327. The fourth-order valence-corrected chi connectivity index (χ4v) is 4.62. The summed E-state index contributed by atoms with van der Waals surface area (Å²) >= 11 is 2.05. The average molecular weight is 535 g/mol. The molecule has 0 spiro atoms. The number of aliphatic imine (C=N–C) groups is 1. The molecule has 3 rings (SSSR count). The van der Waals surface area contributed by atoms with Crippen LogP contribution in [0.4, 0.5) is 5.69 Å². The molecule has 0 radical (unpaired) electrons. The van der Waals surface area contributed by atoms with Gasteiger partial charge in [0.2, 0.25) is 0 Å². The molecule has 0 aromatic heterocycles. The van der Waals surface area contributed by atoms with Crippen molar-refractivity contribution in [1.29, 1.82) is 0 Å². The Kier molecular flexibility index (Phi) is 7.14. The number of ether oxygens (including phenoxy) is 1. The second-order valence-electron chi connectivity index (χ2n) is 6.66. The molecular weight excluding hydrogens is 513 g/mol. The second-order valence-corrected chi connectivity index (χ2v) is 9.37. The first-order valence-corrected chi connectivity index (χ1v) is 11.9. The van der Waals surface area contributed by atoms with Gasteiger partial charge < -0.3 is 8.92 Å². The second kappa shape index (κ2) is 9.61. The van der Waals surface area contributed by atoms with Gasteiger partial charge in [-0.3, -0.25) is 4.99 Å². The molecule has 0 saturated heterocycles. The van der Waals surface area contributed by atoms with E-state index in [2.05, 4.69) is 4.99 Å². The zero-order valence-corrected chi connectivity index (χ0v) is 19.9. The topological polar surface area (TPSA) is 65.0 Å². The third kappa shape index (κ3) is 5.40. The summed E-state index contributed by atoms with van der Waals surface area (Å²) in [7, 11) is -3.97. The maximum absolute atomic E-state index is 12.7. The smallest absolute Gasteiger partial charge is 0.339 e. The van der Waals surface area contributed by atoms with Crippen molar-refractivity contribution < 1.29 is 17.3 Å². The molecule has 0 aliphatic carbocycles. The Morgan fingerprint density at radius 1 is 1.03 bits per heavy atom. The van der Waals surface area contributed by atoms with Gasteiger partial charge in [-0.2, -0.15) is 8.42 Å². The molecule has 7 heteroatoms. The fraction of sp³-hybridized carbons (Fsp3) is 0.174. The predicted octanol–water partition coefficient (Wildman–Crippen LogP) is 5.83. The number of aryl methyl sites for hydroxylation is 2. The summed E-state index contributed by atoms with van der Waals surface area (Å²) in [5.74, 6) is 0.525. The van der Waals surface area contributed by atoms with Gasteiger partial charge in [0.25, 0.3) is 0 Å². The van der Waals surface area contributed by atoms with Gasteiger partial charge in [-0.1, -0.05) is 30.3 Å². The molecule has 30 heavy (non-hydrogen) atoms. The molecule has 0 aliphatic rings. The molecule has 0 aliphatic heterocycles. The van der Waals surface area contributed by atoms with E-state index in [0.29, 0.717) is 15.9 Å². The Morgan fingerprint density at radius 3 is 2.47 bits per heavy atom. The van der Waals surface area contributed by atoms with E-state index >= 15 is 0 Å². The van der Waals surface area contributed by atoms with Crippen LogP contribution in [0.15, 0.2) is 70.6 Å². The van der Waals surface area contributed by atoms with Crippen molar-refractivity contribution in [2.45, 2.75) is 25.7 Å². The minimum Gasteiger partial charge on any atom is -0.490 e. The zero-order chi connectivity index (χ0) is 21.7. The van der Waals surface area contributed by atoms with Gasteiger partial charge in [0.05, 0.1) is 15.9 Å². The molecule has 0 bridgehead atoms. The maximum atomic E-state index is 12.7. The summed E-state index contributed by atoms with van der Waals surface area (Å²) in [6, 6.07) is 17.7. The van der Waals surface area contributed by atoms with E-state index in [-0.39, 0.29) is 10.6 Å². The van der Waals surface area contributed by atoms with Crippen LogP contribution in [0, 0.1) is 17.4 Å². The molecule has 0 atom stereocenters. The minimum absolute atomic E-state index is 0.0869. The quantitative estimate of drug-likeness (QED) is 0.217. The van der Waals surface area contributed by atoms with Gasteiger partial charge in [-0.05, 0) is 90.4 Å². The SMILES string of the molecule is CCOc1cc(C=Nc2cc(C)ccc2C)cc(I)c1OS(=O)(=O)c1ccccc1. The Hall–Kier alpha value is -2.39. The lowest BCUT2D eigenvalue weighted by atomic mass is 10.1. The number of hydrogen-bond acceptors (Lipinski definition) is 5. The van der Waals surface area contributed by atoms with E-state index in [1.54, 1.807) is 30.5 Å². The van der Waals surface area contributed by atoms with Crippen LogP contribution in [0.3, 0.4) is 0 Å². The van der Waals surface area contributed by atoms with Crippen LogP contribution in [0.2, 0.25) is 0 Å². The lowest BCUT2D eigenvalue weighted by Gasteiger charge is -2.14. The number of benzene rings is 3. The molecular formula is C23H22INO4S. The molecule has 0 heterocycles. The van der Waals surface area contributed by atoms with Gasteiger partial charge in [0.1, 0.15) is 4.90 Å². The van der Waals surface area contributed by atoms with Gasteiger partial charge >= 0.3 is 10.1 Å². The van der Waals surface area contributed by atoms with Crippen LogP contribution >= 0.6 is 22.6 Å². The van der Waals surface area contributed by atoms with Gasteiger partial charge in [0, 0.05) is 6.21 Å². The van der Waals surface area contributed by atoms with Crippen molar-refractivity contribution in [2.24, 2.45) is 4.99 Å². The third-order valence-corrected chi connectivity index (χ3v) is 6.31. The van der Waals surface area contributed by atoms with E-state index in [1.165, 1.54) is 12.1 Å². The van der Waals surface area contributed by atoms with E-state index in [1.807, 2.05) is 67.6 Å². The van der Waals surface area contributed by atoms with Crippen LogP contribution in [0.5, 0.6) is 11.5 Å². The van der Waals surface area contributed by atoms with Crippen LogP contribution in [-0.2, 0) is 10.1 Å². The first kappa shape index (κ1) is 22.3. The number of halogens is 1. The van der Waals surface area contributed by atoms with Crippen LogP contribution in [0.1, 0.15) is 23.6 Å². The summed E-state index contributed by atoms with van der Waals surface area (Å²) in [5.41, 5.74) is 3.88. The van der Waals surface area contributed by atoms with Gasteiger partial charge in [0.15, 0.2) is 11.5 Å². The maximum Gasteiger partial charge on any atom is 0.339 e. The molecule has 0 N–H and O–H groups in total. The molecule has 156 valence electrons. The average Bonchev–Trinajstić information content (AvgIpc) is 2.72. The summed E-state index contributed by atoms with van der Waals surface area (Å²) in [6.45, 7) is 6.23. The Labute approximate surface area is 191 Å². The molecule has 5 nitrogen and oxygen atoms in total. The molecule has 3 aromatic carbocycles. The predicted molar refractivity (Wildman–Crippen MR) is 128 cm³/mol. The minimum atomic E-state index is -3.97. The van der Waals surface area contributed by atoms with Crippen LogP contribution in [0.25, 0.3) is 0 Å². The number of nitrogens with zero attached hydrogens (tertiary/aromatic N) is 1. The highest BCUT2D eigenvalue weighted by Gasteiger charge is 2.21. The zero-order valence-electron chi connectivity index (χ0n) is 16.9. The van der Waals surface area contributed by atoms with Crippen molar-refractivity contribution >= 4 is 44.6 Å². The van der Waals surface area contributed by atoms with E-state index < -0.39 is 10.1 Å².